The molecule has 0 aliphatic rings. The van der Waals surface area contributed by atoms with Crippen molar-refractivity contribution in [2.75, 3.05) is 26.4 Å². The van der Waals surface area contributed by atoms with Crippen LogP contribution < -0.4 is 49.6 Å². The molecule has 6 aromatic rings. The normalized spacial score (nSPS) is 9.29. The van der Waals surface area contributed by atoms with Gasteiger partial charge in [0.25, 0.3) is 0 Å². The van der Waals surface area contributed by atoms with Gasteiger partial charge >= 0.3 is 34.1 Å². The van der Waals surface area contributed by atoms with E-state index in [1.165, 1.54) is 22.3 Å². The first-order chi connectivity index (χ1) is 24.3. The van der Waals surface area contributed by atoms with E-state index in [4.69, 9.17) is 9.47 Å². The summed E-state index contributed by atoms with van der Waals surface area (Å²) in [5.41, 5.74) is 5.16. The molecule has 2 aromatic carbocycles. The predicted molar refractivity (Wildman–Crippen MR) is 201 cm³/mol. The molecule has 0 fully saturated rings. The molecule has 6 rings (SSSR count). The van der Waals surface area contributed by atoms with Crippen molar-refractivity contribution in [3.8, 4) is 0 Å². The Bertz CT molecular complexity index is 1520. The maximum Gasteiger partial charge on any atom is 2.00 e. The molecule has 16 heteroatoms. The van der Waals surface area contributed by atoms with Crippen molar-refractivity contribution in [3.05, 3.63) is 144 Å². The summed E-state index contributed by atoms with van der Waals surface area (Å²) >= 11 is 0. The summed E-state index contributed by atoms with van der Waals surface area (Å²) < 4.78 is 18.3. The smallest absolute Gasteiger partial charge is 1.00 e. The van der Waals surface area contributed by atoms with Crippen LogP contribution in [0.5, 0.6) is 0 Å². The summed E-state index contributed by atoms with van der Waals surface area (Å²) in [6.07, 6.45) is 15.4. The fourth-order valence-electron chi connectivity index (χ4n) is 4.98. The molecular weight excluding hydrogens is 893 g/mol. The topological polar surface area (TPSA) is 89.7 Å². The second kappa shape index (κ2) is 34.4. The van der Waals surface area contributed by atoms with Crippen molar-refractivity contribution in [2.24, 2.45) is 0 Å². The standard InChI is InChI=1S/2C16H18N4.2C4H10O.4ClH.2Cu/c2*1-13-17-7-9-19(13)11-15-3-5-16(6-4-15)12-20-10-8-18-14(20)2;2*1-3-5-4-2;;;;;;/h2*3-10H,11-12H2,1-2H3;2*3-4H2,1-2H3;4*1H;;/q;;;;;;;;2*+2/p-4. The number of hydrogen-bond acceptors (Lipinski definition) is 6. The molecule has 0 unspecified atom stereocenters. The second-order valence-corrected chi connectivity index (χ2v) is 11.6. The molecule has 4 heterocycles. The van der Waals surface area contributed by atoms with Gasteiger partial charge in [-0.2, -0.15) is 0 Å². The minimum absolute atomic E-state index is 0. The predicted octanol–water partition coefficient (Wildman–Crippen LogP) is -4.32. The Morgan fingerprint density at radius 3 is 0.661 bits per heavy atom. The molecule has 4 aromatic heterocycles. The van der Waals surface area contributed by atoms with Crippen LogP contribution in [0.1, 0.15) is 73.2 Å². The summed E-state index contributed by atoms with van der Waals surface area (Å²) in [6.45, 7) is 22.9. The summed E-state index contributed by atoms with van der Waals surface area (Å²) in [4.78, 5) is 17.0. The second-order valence-electron chi connectivity index (χ2n) is 11.6. The van der Waals surface area contributed by atoms with Gasteiger partial charge < -0.3 is 77.4 Å². The van der Waals surface area contributed by atoms with Crippen molar-refractivity contribution < 1.29 is 93.2 Å². The average molecular weight is 950 g/mol. The monoisotopic (exact) mass is 946 g/mol. The van der Waals surface area contributed by atoms with E-state index < -0.39 is 0 Å². The fourth-order valence-corrected chi connectivity index (χ4v) is 4.98. The van der Waals surface area contributed by atoms with Crippen LogP contribution in [0.2, 0.25) is 0 Å². The van der Waals surface area contributed by atoms with Gasteiger partial charge in [-0.25, -0.2) is 19.9 Å². The maximum atomic E-state index is 4.83. The van der Waals surface area contributed by atoms with E-state index in [2.05, 4.69) is 86.7 Å². The van der Waals surface area contributed by atoms with Gasteiger partial charge in [-0.1, -0.05) is 48.5 Å². The van der Waals surface area contributed by atoms with Gasteiger partial charge in [0, 0.05) is 102 Å². The first kappa shape index (κ1) is 60.1. The molecule has 0 bridgehead atoms. The number of aryl methyl sites for hydroxylation is 4. The van der Waals surface area contributed by atoms with Crippen LogP contribution in [0.15, 0.2) is 98.1 Å². The van der Waals surface area contributed by atoms with Crippen LogP contribution in [-0.2, 0) is 69.8 Å². The molecule has 56 heavy (non-hydrogen) atoms. The van der Waals surface area contributed by atoms with Crippen LogP contribution in [0.25, 0.3) is 0 Å². The largest absolute Gasteiger partial charge is 2.00 e. The molecule has 0 amide bonds. The molecule has 0 saturated carbocycles. The molecule has 0 atom stereocenters. The van der Waals surface area contributed by atoms with Gasteiger partial charge in [-0.15, -0.1) is 0 Å². The van der Waals surface area contributed by atoms with E-state index in [9.17, 15) is 0 Å². The number of ether oxygens (including phenoxy) is 2. The van der Waals surface area contributed by atoms with Gasteiger partial charge in [0.1, 0.15) is 23.3 Å². The molecule has 10 nitrogen and oxygen atoms in total. The quantitative estimate of drug-likeness (QED) is 0.116. The Kier molecular flexibility index (Phi) is 37.0. The third-order valence-electron chi connectivity index (χ3n) is 7.97. The van der Waals surface area contributed by atoms with Gasteiger partial charge in [-0.05, 0) is 77.6 Å². The van der Waals surface area contributed by atoms with Crippen LogP contribution in [-0.4, -0.2) is 64.6 Å². The molecule has 0 saturated heterocycles. The summed E-state index contributed by atoms with van der Waals surface area (Å²) in [5, 5.41) is 0. The minimum Gasteiger partial charge on any atom is -1.00 e. The van der Waals surface area contributed by atoms with E-state index in [0.29, 0.717) is 0 Å². The number of aromatic nitrogens is 8. The fraction of sp³-hybridized carbons (Fsp3) is 0.400. The Labute approximate surface area is 380 Å². The first-order valence-corrected chi connectivity index (χ1v) is 17.5. The van der Waals surface area contributed by atoms with E-state index in [1.807, 2.05) is 105 Å². The molecule has 0 aliphatic carbocycles. The third kappa shape index (κ3) is 21.8. The van der Waals surface area contributed by atoms with Crippen LogP contribution in [0.3, 0.4) is 0 Å². The van der Waals surface area contributed by atoms with E-state index >= 15 is 0 Å². The molecular formula is C40H56Cl4Cu2N8O2. The van der Waals surface area contributed by atoms with Gasteiger partial charge in [0.05, 0.1) is 0 Å². The van der Waals surface area contributed by atoms with Crippen LogP contribution in [0.4, 0.5) is 0 Å². The van der Waals surface area contributed by atoms with Crippen molar-refractivity contribution in [3.63, 3.8) is 0 Å². The Balaban J connectivity index is -0.000000359. The molecule has 2 radical (unpaired) electrons. The van der Waals surface area contributed by atoms with E-state index in [0.717, 1.165) is 75.9 Å². The van der Waals surface area contributed by atoms with Crippen molar-refractivity contribution in [1.82, 2.24) is 38.2 Å². The maximum absolute atomic E-state index is 4.83. The molecule has 318 valence electrons. The number of benzene rings is 2. The summed E-state index contributed by atoms with van der Waals surface area (Å²) in [6, 6.07) is 17.5. The zero-order valence-corrected chi connectivity index (χ0v) is 38.3. The van der Waals surface area contributed by atoms with Crippen LogP contribution in [0, 0.1) is 27.7 Å². The Hall–Kier alpha value is -2.60. The number of halogens is 4. The average Bonchev–Trinajstić information content (AvgIpc) is 3.92. The van der Waals surface area contributed by atoms with Crippen molar-refractivity contribution in [1.29, 1.82) is 0 Å². The zero-order valence-electron chi connectivity index (χ0n) is 33.4. The molecule has 0 spiro atoms. The number of rotatable bonds is 12. The van der Waals surface area contributed by atoms with Crippen LogP contribution >= 0.6 is 0 Å². The first-order valence-electron chi connectivity index (χ1n) is 17.5. The number of imidazole rings is 4. The number of hydrogen-bond donors (Lipinski definition) is 0. The zero-order chi connectivity index (χ0) is 36.1. The summed E-state index contributed by atoms with van der Waals surface area (Å²) in [5.74, 6) is 4.18. The number of nitrogens with zero attached hydrogens (tertiary/aromatic N) is 8. The SMILES string of the molecule is CCOCC.CCOCC.Cc1nccn1Cc1ccc(Cn2ccnc2C)cc1.Cc1nccn1Cc1ccc(Cn2ccnc2C)cc1.[Cl-].[Cl-].[Cl-].[Cl-].[Cu+2].[Cu+2]. The minimum atomic E-state index is 0. The van der Waals surface area contributed by atoms with Crippen molar-refractivity contribution >= 4 is 0 Å². The van der Waals surface area contributed by atoms with Gasteiger partial charge in [0.15, 0.2) is 0 Å². The third-order valence-corrected chi connectivity index (χ3v) is 7.97. The molecule has 0 N–H and O–H groups in total. The molecule has 0 aliphatic heterocycles. The van der Waals surface area contributed by atoms with E-state index in [1.54, 1.807) is 0 Å². The van der Waals surface area contributed by atoms with Gasteiger partial charge in [0.2, 0.25) is 0 Å². The Morgan fingerprint density at radius 2 is 0.554 bits per heavy atom. The summed E-state index contributed by atoms with van der Waals surface area (Å²) in [7, 11) is 0. The Morgan fingerprint density at radius 1 is 0.375 bits per heavy atom. The van der Waals surface area contributed by atoms with Crippen molar-refractivity contribution in [2.45, 2.75) is 81.6 Å². The van der Waals surface area contributed by atoms with E-state index in [-0.39, 0.29) is 83.8 Å². The van der Waals surface area contributed by atoms with Gasteiger partial charge in [-0.3, -0.25) is 0 Å².